The van der Waals surface area contributed by atoms with Gasteiger partial charge in [0.2, 0.25) is 10.9 Å². The van der Waals surface area contributed by atoms with E-state index in [1.54, 1.807) is 6.92 Å². The molecule has 0 spiro atoms. The van der Waals surface area contributed by atoms with Crippen molar-refractivity contribution in [2.45, 2.75) is 56.3 Å². The second-order valence-electron chi connectivity index (χ2n) is 7.99. The Morgan fingerprint density at radius 3 is 2.27 bits per heavy atom. The van der Waals surface area contributed by atoms with Crippen LogP contribution in [0, 0.1) is 5.92 Å². The minimum Gasteiger partial charge on any atom is -0.347 e. The standard InChI is InChI=1S/C17H19F3N2O3S/c1-15(4-5-15)22(26(24)25)13-6-11(17(18,19)20)2-3-12(13)14(23)21-16-7-10(8-16)9-16/h2-3,6,10,26H,4-5,7-9H2,1H3,(H,21,23). The van der Waals surface area contributed by atoms with E-state index in [1.807, 2.05) is 0 Å². The number of anilines is 1. The number of alkyl halides is 3. The van der Waals surface area contributed by atoms with Gasteiger partial charge >= 0.3 is 6.18 Å². The molecule has 2 bridgehead atoms. The molecule has 0 aliphatic heterocycles. The Bertz CT molecular complexity index is 836. The molecule has 0 saturated heterocycles. The number of hydrogen-bond acceptors (Lipinski definition) is 3. The molecule has 0 atom stereocenters. The highest BCUT2D eigenvalue weighted by Gasteiger charge is 2.57. The fourth-order valence-corrected chi connectivity index (χ4v) is 4.92. The van der Waals surface area contributed by atoms with E-state index in [2.05, 4.69) is 5.32 Å². The van der Waals surface area contributed by atoms with Gasteiger partial charge in [-0.25, -0.2) is 8.42 Å². The third kappa shape index (κ3) is 2.76. The Morgan fingerprint density at radius 2 is 1.85 bits per heavy atom. The number of nitrogens with zero attached hydrogens (tertiary/aromatic N) is 1. The van der Waals surface area contributed by atoms with E-state index < -0.39 is 34.1 Å². The van der Waals surface area contributed by atoms with Gasteiger partial charge < -0.3 is 5.32 Å². The first-order valence-electron chi connectivity index (χ1n) is 8.51. The molecule has 142 valence electrons. The summed E-state index contributed by atoms with van der Waals surface area (Å²) >= 11 is 0. The second-order valence-corrected chi connectivity index (χ2v) is 8.86. The normalized spacial score (nSPS) is 28.1. The van der Waals surface area contributed by atoms with Crippen molar-refractivity contribution < 1.29 is 26.4 Å². The van der Waals surface area contributed by atoms with E-state index in [-0.39, 0.29) is 16.8 Å². The van der Waals surface area contributed by atoms with Crippen LogP contribution in [0.15, 0.2) is 18.2 Å². The van der Waals surface area contributed by atoms with E-state index in [1.165, 1.54) is 0 Å². The van der Waals surface area contributed by atoms with Crippen LogP contribution in [-0.2, 0) is 17.1 Å². The van der Waals surface area contributed by atoms with Crippen molar-refractivity contribution in [2.24, 2.45) is 5.92 Å². The molecular weight excluding hydrogens is 369 g/mol. The monoisotopic (exact) mass is 388 g/mol. The van der Waals surface area contributed by atoms with Crippen molar-refractivity contribution in [3.05, 3.63) is 29.3 Å². The van der Waals surface area contributed by atoms with Crippen molar-refractivity contribution in [3.8, 4) is 0 Å². The van der Waals surface area contributed by atoms with Crippen LogP contribution in [0.1, 0.15) is 54.9 Å². The van der Waals surface area contributed by atoms with Crippen molar-refractivity contribution in [2.75, 3.05) is 4.31 Å². The molecule has 0 radical (unpaired) electrons. The zero-order chi connectivity index (χ0) is 18.9. The Kier molecular flexibility index (Phi) is 3.64. The van der Waals surface area contributed by atoms with Gasteiger partial charge in [-0.05, 0) is 63.1 Å². The highest BCUT2D eigenvalue weighted by atomic mass is 32.2. The van der Waals surface area contributed by atoms with E-state index >= 15 is 0 Å². The van der Waals surface area contributed by atoms with Crippen LogP contribution in [0.3, 0.4) is 0 Å². The Hall–Kier alpha value is -1.77. The molecule has 1 aromatic rings. The topological polar surface area (TPSA) is 66.5 Å². The second kappa shape index (κ2) is 5.37. The van der Waals surface area contributed by atoms with Gasteiger partial charge in [-0.3, -0.25) is 9.10 Å². The Labute approximate surface area is 150 Å². The lowest BCUT2D eigenvalue weighted by atomic mass is 9.50. The molecular formula is C17H19F3N2O3S. The summed E-state index contributed by atoms with van der Waals surface area (Å²) in [6.45, 7) is 1.67. The number of amides is 1. The van der Waals surface area contributed by atoms with Crippen LogP contribution >= 0.6 is 0 Å². The fourth-order valence-electron chi connectivity index (χ4n) is 3.98. The van der Waals surface area contributed by atoms with Gasteiger partial charge in [0.1, 0.15) is 0 Å². The van der Waals surface area contributed by atoms with Crippen LogP contribution in [0.2, 0.25) is 0 Å². The molecule has 4 saturated carbocycles. The van der Waals surface area contributed by atoms with E-state index in [9.17, 15) is 26.4 Å². The molecule has 5 nitrogen and oxygen atoms in total. The van der Waals surface area contributed by atoms with Crippen LogP contribution in [-0.4, -0.2) is 25.4 Å². The summed E-state index contributed by atoms with van der Waals surface area (Å²) in [6.07, 6.45) is -0.898. The molecule has 1 N–H and O–H groups in total. The summed E-state index contributed by atoms with van der Waals surface area (Å²) in [6, 6.07) is 2.67. The highest BCUT2D eigenvalue weighted by molar-refractivity contribution is 7.74. The predicted octanol–water partition coefficient (Wildman–Crippen LogP) is 2.87. The van der Waals surface area contributed by atoms with Gasteiger partial charge in [0.25, 0.3) is 5.91 Å². The number of halogens is 3. The molecule has 0 aromatic heterocycles. The van der Waals surface area contributed by atoms with Gasteiger partial charge in [-0.1, -0.05) is 0 Å². The molecule has 4 fully saturated rings. The molecule has 4 aliphatic carbocycles. The lowest BCUT2D eigenvalue weighted by molar-refractivity contribution is -0.137. The molecule has 26 heavy (non-hydrogen) atoms. The maximum absolute atomic E-state index is 13.1. The first kappa shape index (κ1) is 17.6. The fraction of sp³-hybridized carbons (Fsp3) is 0.588. The zero-order valence-corrected chi connectivity index (χ0v) is 15.0. The summed E-state index contributed by atoms with van der Waals surface area (Å²) < 4.78 is 64.1. The smallest absolute Gasteiger partial charge is 0.347 e. The summed E-state index contributed by atoms with van der Waals surface area (Å²) in [5.74, 6) is 0.110. The third-order valence-corrected chi connectivity index (χ3v) is 6.89. The summed E-state index contributed by atoms with van der Waals surface area (Å²) in [7, 11) is -3.18. The Balaban J connectivity index is 1.75. The first-order valence-corrected chi connectivity index (χ1v) is 9.64. The quantitative estimate of drug-likeness (QED) is 0.763. The first-order chi connectivity index (χ1) is 12.0. The summed E-state index contributed by atoms with van der Waals surface area (Å²) in [5.41, 5.74) is -2.23. The molecule has 5 rings (SSSR count). The van der Waals surface area contributed by atoms with Crippen molar-refractivity contribution in [1.29, 1.82) is 0 Å². The number of thiol groups is 1. The molecule has 9 heteroatoms. The Morgan fingerprint density at radius 1 is 1.23 bits per heavy atom. The summed E-state index contributed by atoms with van der Waals surface area (Å²) in [5, 5.41) is 2.90. The molecule has 1 aromatic carbocycles. The number of carbonyl (C=O) groups is 1. The van der Waals surface area contributed by atoms with Crippen molar-refractivity contribution in [3.63, 3.8) is 0 Å². The minimum atomic E-state index is -4.62. The third-order valence-electron chi connectivity index (χ3n) is 5.86. The average molecular weight is 388 g/mol. The number of nitrogens with one attached hydrogen (secondary N) is 1. The van der Waals surface area contributed by atoms with Gasteiger partial charge in [-0.15, -0.1) is 0 Å². The van der Waals surface area contributed by atoms with E-state index in [4.69, 9.17) is 0 Å². The molecule has 0 heterocycles. The van der Waals surface area contributed by atoms with Crippen molar-refractivity contribution >= 4 is 22.5 Å². The van der Waals surface area contributed by atoms with E-state index in [0.29, 0.717) is 18.8 Å². The van der Waals surface area contributed by atoms with Gasteiger partial charge in [0, 0.05) is 5.54 Å². The average Bonchev–Trinajstić information content (AvgIpc) is 3.18. The maximum Gasteiger partial charge on any atom is 0.416 e. The SMILES string of the molecule is CC1(N(c2cc(C(F)(F)F)ccc2C(=O)NC23CC(C2)C3)[SH](=O)=O)CC1. The van der Waals surface area contributed by atoms with Gasteiger partial charge in [-0.2, -0.15) is 13.2 Å². The van der Waals surface area contributed by atoms with Crippen molar-refractivity contribution in [1.82, 2.24) is 5.32 Å². The number of carbonyl (C=O) groups excluding carboxylic acids is 1. The zero-order valence-electron chi connectivity index (χ0n) is 14.1. The number of rotatable bonds is 5. The molecule has 0 unspecified atom stereocenters. The van der Waals surface area contributed by atoms with Gasteiger partial charge in [0.15, 0.2) is 0 Å². The van der Waals surface area contributed by atoms with Crippen LogP contribution in [0.25, 0.3) is 0 Å². The number of benzene rings is 1. The highest BCUT2D eigenvalue weighted by Crippen LogP contribution is 2.57. The van der Waals surface area contributed by atoms with Crippen LogP contribution in [0.5, 0.6) is 0 Å². The van der Waals surface area contributed by atoms with E-state index in [0.717, 1.165) is 41.8 Å². The maximum atomic E-state index is 13.1. The molecule has 4 aliphatic rings. The van der Waals surface area contributed by atoms with Crippen LogP contribution < -0.4 is 9.62 Å². The largest absolute Gasteiger partial charge is 0.416 e. The number of hydrogen-bond donors (Lipinski definition) is 2. The predicted molar refractivity (Wildman–Crippen MR) is 89.4 cm³/mol. The molecule has 1 amide bonds. The summed E-state index contributed by atoms with van der Waals surface area (Å²) in [4.78, 5) is 12.7. The lowest BCUT2D eigenvalue weighted by Crippen LogP contribution is -2.68. The minimum absolute atomic E-state index is 0.0324. The lowest BCUT2D eigenvalue weighted by Gasteiger charge is -2.61. The van der Waals surface area contributed by atoms with Crippen LogP contribution in [0.4, 0.5) is 18.9 Å². The van der Waals surface area contributed by atoms with Gasteiger partial charge in [0.05, 0.1) is 22.4 Å².